The fourth-order valence-electron chi connectivity index (χ4n) is 3.40. The van der Waals surface area contributed by atoms with Gasteiger partial charge in [-0.25, -0.2) is 0 Å². The quantitative estimate of drug-likeness (QED) is 0.637. The van der Waals surface area contributed by atoms with Crippen LogP contribution >= 0.6 is 0 Å². The number of aliphatic hydroxyl groups excluding tert-OH is 1. The van der Waals surface area contributed by atoms with Crippen molar-refractivity contribution in [3.63, 3.8) is 0 Å². The van der Waals surface area contributed by atoms with Crippen molar-refractivity contribution < 1.29 is 5.11 Å². The fourth-order valence-corrected chi connectivity index (χ4v) is 3.40. The third-order valence-electron chi connectivity index (χ3n) is 4.36. The topological polar surface area (TPSA) is 20.2 Å². The molecule has 1 heteroatoms. The molecular formula is C18H20O. The summed E-state index contributed by atoms with van der Waals surface area (Å²) in [7, 11) is 0. The normalized spacial score (nSPS) is 33.5. The molecule has 98 valence electrons. The van der Waals surface area contributed by atoms with E-state index in [0.717, 1.165) is 19.3 Å². The highest BCUT2D eigenvalue weighted by Gasteiger charge is 2.44. The van der Waals surface area contributed by atoms with Crippen LogP contribution in [0.5, 0.6) is 0 Å². The zero-order chi connectivity index (χ0) is 13.1. The summed E-state index contributed by atoms with van der Waals surface area (Å²) in [5.41, 5.74) is 1.33. The molecule has 1 saturated carbocycles. The predicted octanol–water partition coefficient (Wildman–Crippen LogP) is 3.97. The first-order valence-electron chi connectivity index (χ1n) is 7.05. The lowest BCUT2D eigenvalue weighted by Crippen LogP contribution is -2.16. The minimum absolute atomic E-state index is 0.112. The number of benzene rings is 1. The van der Waals surface area contributed by atoms with Crippen LogP contribution in [0.15, 0.2) is 60.7 Å². The molecule has 3 rings (SSSR count). The highest BCUT2D eigenvalue weighted by atomic mass is 16.3. The van der Waals surface area contributed by atoms with Crippen LogP contribution in [0.4, 0.5) is 0 Å². The number of aliphatic hydroxyl groups is 1. The summed E-state index contributed by atoms with van der Waals surface area (Å²) in [6.07, 6.45) is 16.0. The Balaban J connectivity index is 1.69. The van der Waals surface area contributed by atoms with Crippen LogP contribution in [0, 0.1) is 11.3 Å². The predicted molar refractivity (Wildman–Crippen MR) is 79.5 cm³/mol. The third-order valence-corrected chi connectivity index (χ3v) is 4.36. The Labute approximate surface area is 115 Å². The maximum atomic E-state index is 9.85. The van der Waals surface area contributed by atoms with Gasteiger partial charge in [0.1, 0.15) is 0 Å². The molecule has 1 aromatic carbocycles. The van der Waals surface area contributed by atoms with Gasteiger partial charge in [0, 0.05) is 5.41 Å². The lowest BCUT2D eigenvalue weighted by molar-refractivity contribution is 0.173. The Morgan fingerprint density at radius 3 is 2.84 bits per heavy atom. The number of hydrogen-bond acceptors (Lipinski definition) is 1. The highest BCUT2D eigenvalue weighted by molar-refractivity contribution is 5.50. The Morgan fingerprint density at radius 2 is 2.00 bits per heavy atom. The van der Waals surface area contributed by atoms with Crippen LogP contribution in [-0.4, -0.2) is 11.2 Å². The first kappa shape index (κ1) is 12.4. The van der Waals surface area contributed by atoms with Crippen molar-refractivity contribution >= 4 is 6.08 Å². The molecule has 0 bridgehead atoms. The highest BCUT2D eigenvalue weighted by Crippen LogP contribution is 2.51. The lowest BCUT2D eigenvalue weighted by Gasteiger charge is -2.23. The third kappa shape index (κ3) is 2.57. The largest absolute Gasteiger partial charge is 0.393 e. The average molecular weight is 252 g/mol. The van der Waals surface area contributed by atoms with Gasteiger partial charge in [-0.3, -0.25) is 0 Å². The van der Waals surface area contributed by atoms with Gasteiger partial charge < -0.3 is 5.11 Å². The molecular weight excluding hydrogens is 232 g/mol. The first-order chi connectivity index (χ1) is 9.28. The first-order valence-corrected chi connectivity index (χ1v) is 7.05. The van der Waals surface area contributed by atoms with Crippen molar-refractivity contribution in [3.8, 4) is 0 Å². The summed E-state index contributed by atoms with van der Waals surface area (Å²) in [4.78, 5) is 0. The zero-order valence-corrected chi connectivity index (χ0v) is 11.1. The summed E-state index contributed by atoms with van der Waals surface area (Å²) in [5.74, 6) is 0.601. The molecule has 0 spiro atoms. The molecule has 1 N–H and O–H groups in total. The van der Waals surface area contributed by atoms with Gasteiger partial charge >= 0.3 is 0 Å². The molecule has 1 nitrogen and oxygen atoms in total. The lowest BCUT2D eigenvalue weighted by atomic mass is 9.80. The molecule has 3 unspecified atom stereocenters. The summed E-state index contributed by atoms with van der Waals surface area (Å²) >= 11 is 0. The van der Waals surface area contributed by atoms with Gasteiger partial charge in [-0.15, -0.1) is 0 Å². The van der Waals surface area contributed by atoms with E-state index in [9.17, 15) is 5.11 Å². The summed E-state index contributed by atoms with van der Waals surface area (Å²) in [6.45, 7) is 0. The number of hydrogen-bond donors (Lipinski definition) is 1. The van der Waals surface area contributed by atoms with E-state index in [1.54, 1.807) is 0 Å². The molecule has 0 amide bonds. The smallest absolute Gasteiger partial charge is 0.0554 e. The molecule has 2 aliphatic carbocycles. The average Bonchev–Trinajstić information content (AvgIpc) is 2.92. The van der Waals surface area contributed by atoms with Crippen LogP contribution < -0.4 is 0 Å². The molecule has 0 radical (unpaired) electrons. The van der Waals surface area contributed by atoms with Gasteiger partial charge in [0.05, 0.1) is 6.10 Å². The molecule has 1 fully saturated rings. The van der Waals surface area contributed by atoms with Crippen LogP contribution in [0.1, 0.15) is 24.8 Å². The van der Waals surface area contributed by atoms with Gasteiger partial charge in [0.2, 0.25) is 0 Å². The molecule has 0 aromatic heterocycles. The monoisotopic (exact) mass is 252 g/mol. The van der Waals surface area contributed by atoms with Crippen molar-refractivity contribution in [2.24, 2.45) is 11.3 Å². The van der Waals surface area contributed by atoms with Gasteiger partial charge in [-0.05, 0) is 30.7 Å². The summed E-state index contributed by atoms with van der Waals surface area (Å²) in [6, 6.07) is 10.3. The van der Waals surface area contributed by atoms with E-state index >= 15 is 0 Å². The van der Waals surface area contributed by atoms with Gasteiger partial charge in [-0.1, -0.05) is 66.8 Å². The van der Waals surface area contributed by atoms with Crippen LogP contribution in [-0.2, 0) is 0 Å². The molecule has 19 heavy (non-hydrogen) atoms. The van der Waals surface area contributed by atoms with E-state index in [0.29, 0.717) is 5.92 Å². The van der Waals surface area contributed by atoms with Crippen LogP contribution in [0.25, 0.3) is 6.08 Å². The molecule has 0 heterocycles. The van der Waals surface area contributed by atoms with E-state index in [-0.39, 0.29) is 11.5 Å². The van der Waals surface area contributed by atoms with Crippen LogP contribution in [0.3, 0.4) is 0 Å². The molecule has 2 aliphatic rings. The Morgan fingerprint density at radius 1 is 1.16 bits per heavy atom. The number of rotatable bonds is 3. The van der Waals surface area contributed by atoms with E-state index in [1.807, 2.05) is 18.2 Å². The Bertz CT molecular complexity index is 512. The van der Waals surface area contributed by atoms with Gasteiger partial charge in [0.25, 0.3) is 0 Å². The van der Waals surface area contributed by atoms with Crippen LogP contribution in [0.2, 0.25) is 0 Å². The van der Waals surface area contributed by atoms with E-state index in [1.165, 1.54) is 5.56 Å². The Hall–Kier alpha value is -1.60. The van der Waals surface area contributed by atoms with Crippen molar-refractivity contribution in [2.75, 3.05) is 0 Å². The minimum Gasteiger partial charge on any atom is -0.393 e. The minimum atomic E-state index is -0.127. The van der Waals surface area contributed by atoms with Crippen molar-refractivity contribution in [1.29, 1.82) is 0 Å². The second-order valence-electron chi connectivity index (χ2n) is 5.67. The second-order valence-corrected chi connectivity index (χ2v) is 5.67. The fraction of sp³-hybridized carbons (Fsp3) is 0.333. The second kappa shape index (κ2) is 5.18. The standard InChI is InChI=1S/C18H20O/c19-17-13-16-10-6-12-18(16,14-17)11-5-4-9-15-7-2-1-3-8-15/h1-9,11-12,16-17,19H,10,13-14H2/b9-4+,11-5+. The summed E-state index contributed by atoms with van der Waals surface area (Å²) in [5, 5.41) is 9.85. The summed E-state index contributed by atoms with van der Waals surface area (Å²) < 4.78 is 0. The maximum Gasteiger partial charge on any atom is 0.0554 e. The van der Waals surface area contributed by atoms with Crippen molar-refractivity contribution in [3.05, 3.63) is 66.3 Å². The van der Waals surface area contributed by atoms with E-state index < -0.39 is 0 Å². The van der Waals surface area contributed by atoms with E-state index in [2.05, 4.69) is 48.6 Å². The molecule has 1 aromatic rings. The molecule has 0 aliphatic heterocycles. The number of fused-ring (bicyclic) bond motifs is 1. The molecule has 3 atom stereocenters. The maximum absolute atomic E-state index is 9.85. The van der Waals surface area contributed by atoms with Gasteiger partial charge in [-0.2, -0.15) is 0 Å². The Kier molecular flexibility index (Phi) is 3.39. The van der Waals surface area contributed by atoms with Crippen molar-refractivity contribution in [1.82, 2.24) is 0 Å². The molecule has 0 saturated heterocycles. The number of allylic oxidation sites excluding steroid dienone is 5. The van der Waals surface area contributed by atoms with E-state index in [4.69, 9.17) is 0 Å². The van der Waals surface area contributed by atoms with Crippen molar-refractivity contribution in [2.45, 2.75) is 25.4 Å². The zero-order valence-electron chi connectivity index (χ0n) is 11.1. The van der Waals surface area contributed by atoms with Gasteiger partial charge in [0.15, 0.2) is 0 Å². The SMILES string of the molecule is OC1CC2CC=CC2(/C=C/C=C/c2ccccc2)C1.